The van der Waals surface area contributed by atoms with E-state index in [1.54, 1.807) is 6.08 Å². The third-order valence-electron chi connectivity index (χ3n) is 4.61. The lowest BCUT2D eigenvalue weighted by molar-refractivity contribution is -0.111. The molecular weight excluding hydrogens is 308 g/mol. The number of fused-ring (bicyclic) bond motifs is 1. The van der Waals surface area contributed by atoms with Crippen molar-refractivity contribution in [1.82, 2.24) is 5.32 Å². The summed E-state index contributed by atoms with van der Waals surface area (Å²) < 4.78 is 0. The van der Waals surface area contributed by atoms with Crippen LogP contribution in [0.15, 0.2) is 42.5 Å². The third-order valence-corrected chi connectivity index (χ3v) is 4.61. The minimum absolute atomic E-state index is 0.0733. The highest BCUT2D eigenvalue weighted by Crippen LogP contribution is 2.29. The van der Waals surface area contributed by atoms with Crippen molar-refractivity contribution in [3.8, 4) is 0 Å². The highest BCUT2D eigenvalue weighted by molar-refractivity contribution is 6.05. The van der Waals surface area contributed by atoms with Crippen molar-refractivity contribution in [3.05, 3.63) is 70.3 Å². The maximum Gasteiger partial charge on any atom is 0.250 e. The number of nitrogens with one attached hydrogen (secondary N) is 2. The number of aryl methyl sites for hydroxylation is 3. The molecule has 0 fully saturated rings. The average molecular weight is 334 g/mol. The fraction of sp³-hybridized carbons (Fsp3) is 0.318. The van der Waals surface area contributed by atoms with Gasteiger partial charge in [-0.3, -0.25) is 4.79 Å². The Kier molecular flexibility index (Phi) is 4.42. The molecule has 1 heterocycles. The Hall–Kier alpha value is -2.55. The Morgan fingerprint density at radius 2 is 1.76 bits per heavy atom. The first-order valence-corrected chi connectivity index (χ1v) is 8.72. The van der Waals surface area contributed by atoms with Crippen molar-refractivity contribution >= 4 is 17.3 Å². The second-order valence-corrected chi connectivity index (χ2v) is 7.66. The van der Waals surface area contributed by atoms with E-state index in [0.29, 0.717) is 0 Å². The molecule has 1 aliphatic heterocycles. The molecule has 2 N–H and O–H groups in total. The molecule has 0 aliphatic carbocycles. The average Bonchev–Trinajstić information content (AvgIpc) is 2.49. The number of benzene rings is 2. The molecule has 0 unspecified atom stereocenters. The van der Waals surface area contributed by atoms with Gasteiger partial charge in [-0.2, -0.15) is 0 Å². The lowest BCUT2D eigenvalue weighted by atomic mass is 9.86. The third kappa shape index (κ3) is 3.76. The van der Waals surface area contributed by atoms with Crippen LogP contribution in [0.25, 0.3) is 5.70 Å². The summed E-state index contributed by atoms with van der Waals surface area (Å²) in [6.45, 7) is 10.4. The van der Waals surface area contributed by atoms with Crippen LogP contribution in [0.5, 0.6) is 0 Å². The van der Waals surface area contributed by atoms with Crippen molar-refractivity contribution in [2.24, 2.45) is 0 Å². The SMILES string of the molecule is Cc1cc(C)c(NC(=O)/C=C2/NC(C)(C)Cc3ccccc32)c(C)c1. The Balaban J connectivity index is 1.92. The summed E-state index contributed by atoms with van der Waals surface area (Å²) in [5.74, 6) is -0.106. The smallest absolute Gasteiger partial charge is 0.250 e. The van der Waals surface area contributed by atoms with Gasteiger partial charge in [-0.25, -0.2) is 0 Å². The molecular formula is C22H26N2O. The highest BCUT2D eigenvalue weighted by atomic mass is 16.1. The van der Waals surface area contributed by atoms with Crippen molar-refractivity contribution < 1.29 is 4.79 Å². The monoisotopic (exact) mass is 334 g/mol. The lowest BCUT2D eigenvalue weighted by Crippen LogP contribution is -2.44. The Bertz CT molecular complexity index is 839. The van der Waals surface area contributed by atoms with Crippen LogP contribution in [0.3, 0.4) is 0 Å². The normalized spacial score (nSPS) is 16.9. The zero-order valence-corrected chi connectivity index (χ0v) is 15.7. The molecule has 3 nitrogen and oxygen atoms in total. The molecule has 25 heavy (non-hydrogen) atoms. The highest BCUT2D eigenvalue weighted by Gasteiger charge is 2.27. The Morgan fingerprint density at radius 1 is 1.12 bits per heavy atom. The van der Waals surface area contributed by atoms with E-state index in [4.69, 9.17) is 0 Å². The number of rotatable bonds is 2. The molecule has 1 aliphatic rings. The van der Waals surface area contributed by atoms with Crippen LogP contribution in [0.4, 0.5) is 5.69 Å². The predicted octanol–water partition coefficient (Wildman–Crippen LogP) is 4.52. The van der Waals surface area contributed by atoms with Crippen molar-refractivity contribution in [2.45, 2.75) is 46.6 Å². The number of carbonyl (C=O) groups excluding carboxylic acids is 1. The second kappa shape index (κ2) is 6.40. The van der Waals surface area contributed by atoms with Gasteiger partial charge in [0.2, 0.25) is 5.91 Å². The van der Waals surface area contributed by atoms with Gasteiger partial charge in [-0.05, 0) is 57.7 Å². The van der Waals surface area contributed by atoms with Gasteiger partial charge in [0.15, 0.2) is 0 Å². The molecule has 0 bridgehead atoms. The summed E-state index contributed by atoms with van der Waals surface area (Å²) in [7, 11) is 0. The number of anilines is 1. The minimum Gasteiger partial charge on any atom is -0.379 e. The quantitative estimate of drug-likeness (QED) is 0.793. The fourth-order valence-corrected chi connectivity index (χ4v) is 3.67. The molecule has 0 aromatic heterocycles. The summed E-state index contributed by atoms with van der Waals surface area (Å²) in [4.78, 5) is 12.7. The molecule has 0 radical (unpaired) electrons. The zero-order valence-electron chi connectivity index (χ0n) is 15.7. The van der Waals surface area contributed by atoms with Crippen molar-refractivity contribution in [1.29, 1.82) is 0 Å². The summed E-state index contributed by atoms with van der Waals surface area (Å²) >= 11 is 0. The van der Waals surface area contributed by atoms with Gasteiger partial charge in [0.25, 0.3) is 0 Å². The fourth-order valence-electron chi connectivity index (χ4n) is 3.67. The first kappa shape index (κ1) is 17.3. The van der Waals surface area contributed by atoms with Crippen LogP contribution in [0.1, 0.15) is 41.7 Å². The maximum absolute atomic E-state index is 12.7. The minimum atomic E-state index is -0.106. The summed E-state index contributed by atoms with van der Waals surface area (Å²) in [5.41, 5.74) is 7.46. The van der Waals surface area contributed by atoms with Crippen LogP contribution in [-0.2, 0) is 11.2 Å². The Labute approximate surface area is 150 Å². The first-order valence-electron chi connectivity index (χ1n) is 8.72. The van der Waals surface area contributed by atoms with Gasteiger partial charge < -0.3 is 10.6 Å². The van der Waals surface area contributed by atoms with Crippen molar-refractivity contribution in [3.63, 3.8) is 0 Å². The van der Waals surface area contributed by atoms with Crippen molar-refractivity contribution in [2.75, 3.05) is 5.32 Å². The second-order valence-electron chi connectivity index (χ2n) is 7.66. The molecule has 3 rings (SSSR count). The van der Waals surface area contributed by atoms with Gasteiger partial charge >= 0.3 is 0 Å². The molecule has 2 aromatic carbocycles. The van der Waals surface area contributed by atoms with Gasteiger partial charge in [0.05, 0.1) is 0 Å². The largest absolute Gasteiger partial charge is 0.379 e. The molecule has 0 spiro atoms. The van der Waals surface area contributed by atoms with E-state index in [-0.39, 0.29) is 11.4 Å². The predicted molar refractivity (Wildman–Crippen MR) is 105 cm³/mol. The number of amides is 1. The van der Waals surface area contributed by atoms with Crippen LogP contribution >= 0.6 is 0 Å². The van der Waals surface area contributed by atoms with Crippen LogP contribution < -0.4 is 10.6 Å². The van der Waals surface area contributed by atoms with Crippen LogP contribution in [-0.4, -0.2) is 11.4 Å². The first-order chi connectivity index (χ1) is 11.7. The summed E-state index contributed by atoms with van der Waals surface area (Å²) in [6, 6.07) is 12.5. The topological polar surface area (TPSA) is 41.1 Å². The van der Waals surface area contributed by atoms with E-state index in [1.807, 2.05) is 19.9 Å². The summed E-state index contributed by atoms with van der Waals surface area (Å²) in [5, 5.41) is 6.56. The van der Waals surface area contributed by atoms with E-state index >= 15 is 0 Å². The van der Waals surface area contributed by atoms with Gasteiger partial charge in [-0.15, -0.1) is 0 Å². The number of carbonyl (C=O) groups is 1. The van der Waals surface area contributed by atoms with E-state index in [9.17, 15) is 4.79 Å². The van der Waals surface area contributed by atoms with Gasteiger partial charge in [-0.1, -0.05) is 42.0 Å². The molecule has 1 amide bonds. The van der Waals surface area contributed by atoms with E-state index in [2.05, 4.69) is 61.7 Å². The number of hydrogen-bond donors (Lipinski definition) is 2. The van der Waals surface area contributed by atoms with Gasteiger partial charge in [0.1, 0.15) is 0 Å². The molecule has 130 valence electrons. The Morgan fingerprint density at radius 3 is 2.44 bits per heavy atom. The maximum atomic E-state index is 12.7. The molecule has 3 heteroatoms. The number of hydrogen-bond acceptors (Lipinski definition) is 2. The zero-order chi connectivity index (χ0) is 18.2. The summed E-state index contributed by atoms with van der Waals surface area (Å²) in [6.07, 6.45) is 2.62. The van der Waals surface area contributed by atoms with Crippen LogP contribution in [0.2, 0.25) is 0 Å². The molecule has 0 atom stereocenters. The van der Waals surface area contributed by atoms with Crippen LogP contribution in [0, 0.1) is 20.8 Å². The van der Waals surface area contributed by atoms with E-state index < -0.39 is 0 Å². The molecule has 2 aromatic rings. The van der Waals surface area contributed by atoms with E-state index in [0.717, 1.165) is 34.5 Å². The lowest BCUT2D eigenvalue weighted by Gasteiger charge is -2.35. The molecule has 0 saturated carbocycles. The molecule has 0 saturated heterocycles. The van der Waals surface area contributed by atoms with E-state index in [1.165, 1.54) is 11.1 Å². The standard InChI is InChI=1S/C22H26N2O/c1-14-10-15(2)21(16(3)11-14)23-20(25)12-19-18-9-7-6-8-17(18)13-22(4,5)24-19/h6-12,24H,13H2,1-5H3,(H,23,25)/b19-12+. The van der Waals surface area contributed by atoms with Gasteiger partial charge in [0, 0.05) is 28.6 Å².